The van der Waals surface area contributed by atoms with Crippen LogP contribution in [0.2, 0.25) is 0 Å². The third-order valence-corrected chi connectivity index (χ3v) is 5.24. The van der Waals surface area contributed by atoms with Gasteiger partial charge in [-0.1, -0.05) is 12.1 Å². The van der Waals surface area contributed by atoms with Crippen LogP contribution in [0.25, 0.3) is 0 Å². The fourth-order valence-electron chi connectivity index (χ4n) is 2.86. The summed E-state index contributed by atoms with van der Waals surface area (Å²) in [5.41, 5.74) is 1.07. The predicted molar refractivity (Wildman–Crippen MR) is 91.9 cm³/mol. The van der Waals surface area contributed by atoms with Crippen molar-refractivity contribution in [3.63, 3.8) is 0 Å². The van der Waals surface area contributed by atoms with Gasteiger partial charge in [-0.15, -0.1) is 11.3 Å². The van der Waals surface area contributed by atoms with Gasteiger partial charge in [-0.3, -0.25) is 9.59 Å². The van der Waals surface area contributed by atoms with Crippen LogP contribution in [-0.2, 0) is 0 Å². The van der Waals surface area contributed by atoms with Crippen LogP contribution in [-0.4, -0.2) is 47.8 Å². The van der Waals surface area contributed by atoms with Crippen molar-refractivity contribution in [1.29, 1.82) is 0 Å². The second-order valence-corrected chi connectivity index (χ2v) is 6.77. The molecule has 1 aromatic carbocycles. The first kappa shape index (κ1) is 16.6. The number of carbonyl (C=O) groups is 2. The molecule has 1 saturated heterocycles. The lowest BCUT2D eigenvalue weighted by molar-refractivity contribution is 0.0718. The highest BCUT2D eigenvalue weighted by molar-refractivity contribution is 7.12. The minimum absolute atomic E-state index is 0.0164. The highest BCUT2D eigenvalue weighted by Gasteiger charge is 2.25. The fourth-order valence-corrected chi connectivity index (χ4v) is 3.76. The molecule has 0 bridgehead atoms. The molecule has 126 valence electrons. The monoisotopic (exact) mass is 346 g/mol. The highest BCUT2D eigenvalue weighted by atomic mass is 32.1. The SMILES string of the molecule is Cc1ccsc1C(=O)N1CCCN(C(=O)c2ccccc2F)CC1. The number of thiophene rings is 1. The molecule has 0 unspecified atom stereocenters. The molecule has 2 amide bonds. The Kier molecular flexibility index (Phi) is 4.94. The molecule has 0 saturated carbocycles. The van der Waals surface area contributed by atoms with E-state index < -0.39 is 5.82 Å². The molecule has 2 aromatic rings. The summed E-state index contributed by atoms with van der Waals surface area (Å²) in [5.74, 6) is -0.800. The summed E-state index contributed by atoms with van der Waals surface area (Å²) in [7, 11) is 0. The third-order valence-electron chi connectivity index (χ3n) is 4.23. The van der Waals surface area contributed by atoms with Crippen molar-refractivity contribution >= 4 is 23.2 Å². The molecular weight excluding hydrogens is 327 g/mol. The zero-order chi connectivity index (χ0) is 17.1. The van der Waals surface area contributed by atoms with E-state index in [0.717, 1.165) is 10.4 Å². The van der Waals surface area contributed by atoms with Gasteiger partial charge in [-0.05, 0) is 42.5 Å². The first-order valence-electron chi connectivity index (χ1n) is 7.95. The Balaban J connectivity index is 1.69. The predicted octanol–water partition coefficient (Wildman–Crippen LogP) is 3.18. The quantitative estimate of drug-likeness (QED) is 0.838. The van der Waals surface area contributed by atoms with Gasteiger partial charge in [-0.25, -0.2) is 4.39 Å². The maximum Gasteiger partial charge on any atom is 0.264 e. The average molecular weight is 346 g/mol. The lowest BCUT2D eigenvalue weighted by Gasteiger charge is -2.22. The summed E-state index contributed by atoms with van der Waals surface area (Å²) in [6.45, 7) is 3.95. The molecule has 0 spiro atoms. The molecule has 1 fully saturated rings. The van der Waals surface area contributed by atoms with E-state index in [2.05, 4.69) is 0 Å². The Bertz CT molecular complexity index is 759. The van der Waals surface area contributed by atoms with Crippen LogP contribution < -0.4 is 0 Å². The molecule has 1 aromatic heterocycles. The second kappa shape index (κ2) is 7.13. The van der Waals surface area contributed by atoms with Crippen LogP contribution in [0.3, 0.4) is 0 Å². The van der Waals surface area contributed by atoms with Crippen molar-refractivity contribution in [2.75, 3.05) is 26.2 Å². The molecule has 2 heterocycles. The topological polar surface area (TPSA) is 40.6 Å². The molecular formula is C18H19FN2O2S. The van der Waals surface area contributed by atoms with Gasteiger partial charge in [0, 0.05) is 26.2 Å². The Morgan fingerprint density at radius 3 is 2.29 bits per heavy atom. The Morgan fingerprint density at radius 1 is 1.00 bits per heavy atom. The molecule has 3 rings (SSSR count). The number of halogens is 1. The van der Waals surface area contributed by atoms with Gasteiger partial charge < -0.3 is 9.80 Å². The number of rotatable bonds is 2. The molecule has 1 aliphatic rings. The molecule has 0 N–H and O–H groups in total. The zero-order valence-corrected chi connectivity index (χ0v) is 14.3. The van der Waals surface area contributed by atoms with E-state index in [1.54, 1.807) is 21.9 Å². The summed E-state index contributed by atoms with van der Waals surface area (Å²) < 4.78 is 13.8. The van der Waals surface area contributed by atoms with Crippen molar-refractivity contribution in [3.8, 4) is 0 Å². The van der Waals surface area contributed by atoms with Crippen molar-refractivity contribution in [2.45, 2.75) is 13.3 Å². The van der Waals surface area contributed by atoms with Crippen molar-refractivity contribution in [1.82, 2.24) is 9.80 Å². The number of hydrogen-bond acceptors (Lipinski definition) is 3. The van der Waals surface area contributed by atoms with E-state index in [0.29, 0.717) is 32.6 Å². The van der Waals surface area contributed by atoms with E-state index in [-0.39, 0.29) is 17.4 Å². The molecule has 0 atom stereocenters. The maximum atomic E-state index is 13.8. The normalized spacial score (nSPS) is 15.2. The largest absolute Gasteiger partial charge is 0.337 e. The van der Waals surface area contributed by atoms with E-state index in [1.165, 1.54) is 23.5 Å². The van der Waals surface area contributed by atoms with Crippen molar-refractivity contribution in [2.24, 2.45) is 0 Å². The van der Waals surface area contributed by atoms with Crippen LogP contribution in [0.5, 0.6) is 0 Å². The first-order valence-corrected chi connectivity index (χ1v) is 8.83. The molecule has 0 aliphatic carbocycles. The summed E-state index contributed by atoms with van der Waals surface area (Å²) in [5, 5.41) is 1.91. The Hall–Kier alpha value is -2.21. The third kappa shape index (κ3) is 3.33. The first-order chi connectivity index (χ1) is 11.6. The van der Waals surface area contributed by atoms with Crippen molar-refractivity contribution < 1.29 is 14.0 Å². The zero-order valence-electron chi connectivity index (χ0n) is 13.5. The average Bonchev–Trinajstić information content (AvgIpc) is 2.86. The summed E-state index contributed by atoms with van der Waals surface area (Å²) in [6, 6.07) is 7.95. The van der Waals surface area contributed by atoms with E-state index >= 15 is 0 Å². The molecule has 6 heteroatoms. The van der Waals surface area contributed by atoms with Gasteiger partial charge in [0.25, 0.3) is 11.8 Å². The van der Waals surface area contributed by atoms with Gasteiger partial charge in [0.1, 0.15) is 5.82 Å². The van der Waals surface area contributed by atoms with Crippen LogP contribution in [0.15, 0.2) is 35.7 Å². The lowest BCUT2D eigenvalue weighted by atomic mass is 10.2. The van der Waals surface area contributed by atoms with Gasteiger partial charge in [-0.2, -0.15) is 0 Å². The number of aryl methyl sites for hydroxylation is 1. The smallest absolute Gasteiger partial charge is 0.264 e. The van der Waals surface area contributed by atoms with Gasteiger partial charge >= 0.3 is 0 Å². The molecule has 1 aliphatic heterocycles. The molecule has 0 radical (unpaired) electrons. The van der Waals surface area contributed by atoms with Crippen molar-refractivity contribution in [3.05, 3.63) is 57.5 Å². The van der Waals surface area contributed by atoms with Gasteiger partial charge in [0.05, 0.1) is 10.4 Å². The fraction of sp³-hybridized carbons (Fsp3) is 0.333. The highest BCUT2D eigenvalue weighted by Crippen LogP contribution is 2.19. The van der Waals surface area contributed by atoms with E-state index in [9.17, 15) is 14.0 Å². The number of nitrogens with zero attached hydrogens (tertiary/aromatic N) is 2. The summed E-state index contributed by atoms with van der Waals surface area (Å²) in [4.78, 5) is 29.3. The molecule has 24 heavy (non-hydrogen) atoms. The second-order valence-electron chi connectivity index (χ2n) is 5.85. The van der Waals surface area contributed by atoms with Gasteiger partial charge in [0.15, 0.2) is 0 Å². The van der Waals surface area contributed by atoms with E-state index in [4.69, 9.17) is 0 Å². The minimum atomic E-state index is -0.506. The number of amides is 2. The van der Waals surface area contributed by atoms with Crippen LogP contribution in [0.1, 0.15) is 32.0 Å². The number of benzene rings is 1. The van der Waals surface area contributed by atoms with E-state index in [1.807, 2.05) is 18.4 Å². The lowest BCUT2D eigenvalue weighted by Crippen LogP contribution is -2.37. The summed E-state index contributed by atoms with van der Waals surface area (Å²) >= 11 is 1.44. The Morgan fingerprint density at radius 2 is 1.67 bits per heavy atom. The number of carbonyl (C=O) groups excluding carboxylic acids is 2. The van der Waals surface area contributed by atoms with Crippen LogP contribution in [0.4, 0.5) is 4.39 Å². The van der Waals surface area contributed by atoms with Crippen LogP contribution >= 0.6 is 11.3 Å². The summed E-state index contributed by atoms with van der Waals surface area (Å²) in [6.07, 6.45) is 0.691. The number of hydrogen-bond donors (Lipinski definition) is 0. The maximum absolute atomic E-state index is 13.8. The Labute approximate surface area is 144 Å². The molecule has 4 nitrogen and oxygen atoms in total. The van der Waals surface area contributed by atoms with Gasteiger partial charge in [0.2, 0.25) is 0 Å². The standard InChI is InChI=1S/C18H19FN2O2S/c1-13-7-12-24-16(13)18(23)21-9-4-8-20(10-11-21)17(22)14-5-2-3-6-15(14)19/h2-3,5-7,12H,4,8-11H2,1H3. The minimum Gasteiger partial charge on any atom is -0.337 e. The van der Waals surface area contributed by atoms with Crippen LogP contribution in [0, 0.1) is 12.7 Å².